The number of rotatable bonds is 4. The quantitative estimate of drug-likeness (QED) is 0.637. The van der Waals surface area contributed by atoms with Crippen molar-refractivity contribution in [2.75, 3.05) is 32.1 Å². The second-order valence-electron chi connectivity index (χ2n) is 5.33. The molecule has 0 unspecified atom stereocenters. The maximum atomic E-state index is 12.2. The molecule has 1 aliphatic heterocycles. The van der Waals surface area contributed by atoms with E-state index in [0.717, 1.165) is 17.0 Å². The molecular formula is C17H19N3O2S. The summed E-state index contributed by atoms with van der Waals surface area (Å²) in [7, 11) is 0. The van der Waals surface area contributed by atoms with E-state index in [2.05, 4.69) is 9.97 Å². The van der Waals surface area contributed by atoms with E-state index < -0.39 is 0 Å². The highest BCUT2D eigenvalue weighted by Crippen LogP contribution is 2.21. The Labute approximate surface area is 140 Å². The number of nitrogens with zero attached hydrogens (tertiary/aromatic N) is 3. The third kappa shape index (κ3) is 4.30. The van der Waals surface area contributed by atoms with E-state index in [4.69, 9.17) is 4.74 Å². The third-order valence-electron chi connectivity index (χ3n) is 3.59. The van der Waals surface area contributed by atoms with Crippen molar-refractivity contribution in [3.05, 3.63) is 42.1 Å². The molecule has 3 rings (SSSR count). The summed E-state index contributed by atoms with van der Waals surface area (Å²) < 4.78 is 5.27. The van der Waals surface area contributed by atoms with Gasteiger partial charge in [0.2, 0.25) is 5.91 Å². The number of amides is 1. The highest BCUT2D eigenvalue weighted by atomic mass is 32.2. The minimum Gasteiger partial charge on any atom is -0.378 e. The van der Waals surface area contributed by atoms with E-state index in [1.54, 1.807) is 0 Å². The van der Waals surface area contributed by atoms with Gasteiger partial charge in [-0.05, 0) is 13.0 Å². The summed E-state index contributed by atoms with van der Waals surface area (Å²) in [4.78, 5) is 23.1. The summed E-state index contributed by atoms with van der Waals surface area (Å²) >= 11 is 1.39. The average Bonchev–Trinajstić information content (AvgIpc) is 2.61. The van der Waals surface area contributed by atoms with E-state index in [-0.39, 0.29) is 5.91 Å². The van der Waals surface area contributed by atoms with Gasteiger partial charge in [-0.1, -0.05) is 42.1 Å². The standard InChI is InChI=1S/C17H19N3O2S/c1-13-11-15(14-5-3-2-4-6-14)19-17(18-13)23-12-16(21)20-7-9-22-10-8-20/h2-6,11H,7-10,12H2,1H3. The van der Waals surface area contributed by atoms with Gasteiger partial charge < -0.3 is 9.64 Å². The smallest absolute Gasteiger partial charge is 0.233 e. The molecular weight excluding hydrogens is 310 g/mol. The Kier molecular flexibility index (Phi) is 5.25. The topological polar surface area (TPSA) is 55.3 Å². The van der Waals surface area contributed by atoms with Gasteiger partial charge in [0.25, 0.3) is 0 Å². The van der Waals surface area contributed by atoms with Crippen molar-refractivity contribution < 1.29 is 9.53 Å². The molecule has 0 radical (unpaired) electrons. The molecule has 1 aromatic carbocycles. The van der Waals surface area contributed by atoms with Gasteiger partial charge in [-0.2, -0.15) is 0 Å². The molecule has 1 amide bonds. The number of aromatic nitrogens is 2. The lowest BCUT2D eigenvalue weighted by Crippen LogP contribution is -2.41. The predicted octanol–water partition coefficient (Wildman–Crippen LogP) is 2.40. The number of ether oxygens (including phenoxy) is 1. The normalized spacial score (nSPS) is 14.7. The van der Waals surface area contributed by atoms with Crippen LogP contribution in [0.5, 0.6) is 0 Å². The van der Waals surface area contributed by atoms with Gasteiger partial charge in [0.05, 0.1) is 24.7 Å². The van der Waals surface area contributed by atoms with Gasteiger partial charge >= 0.3 is 0 Å². The zero-order chi connectivity index (χ0) is 16.1. The summed E-state index contributed by atoms with van der Waals surface area (Å²) in [5, 5.41) is 0.644. The molecule has 1 aromatic heterocycles. The molecule has 1 saturated heterocycles. The number of aryl methyl sites for hydroxylation is 1. The van der Waals surface area contributed by atoms with Crippen molar-refractivity contribution in [1.82, 2.24) is 14.9 Å². The van der Waals surface area contributed by atoms with Crippen molar-refractivity contribution >= 4 is 17.7 Å². The number of carbonyl (C=O) groups is 1. The molecule has 23 heavy (non-hydrogen) atoms. The van der Waals surface area contributed by atoms with Crippen LogP contribution in [0, 0.1) is 6.92 Å². The molecule has 0 aliphatic carbocycles. The van der Waals surface area contributed by atoms with Crippen molar-refractivity contribution in [3.8, 4) is 11.3 Å². The molecule has 1 fully saturated rings. The van der Waals surface area contributed by atoms with Crippen LogP contribution in [0.2, 0.25) is 0 Å². The van der Waals surface area contributed by atoms with Crippen LogP contribution in [0.1, 0.15) is 5.69 Å². The van der Waals surface area contributed by atoms with Crippen molar-refractivity contribution in [2.24, 2.45) is 0 Å². The zero-order valence-corrected chi connectivity index (χ0v) is 13.9. The largest absolute Gasteiger partial charge is 0.378 e. The minimum atomic E-state index is 0.115. The molecule has 120 valence electrons. The van der Waals surface area contributed by atoms with Crippen molar-refractivity contribution in [2.45, 2.75) is 12.1 Å². The minimum absolute atomic E-state index is 0.115. The Morgan fingerprint density at radius 1 is 1.22 bits per heavy atom. The SMILES string of the molecule is Cc1cc(-c2ccccc2)nc(SCC(=O)N2CCOCC2)n1. The van der Waals surface area contributed by atoms with Gasteiger partial charge in [-0.15, -0.1) is 0 Å². The number of hydrogen-bond acceptors (Lipinski definition) is 5. The lowest BCUT2D eigenvalue weighted by atomic mass is 10.1. The first kappa shape index (κ1) is 16.0. The summed E-state index contributed by atoms with van der Waals surface area (Å²) in [6.45, 7) is 4.53. The third-order valence-corrected chi connectivity index (χ3v) is 4.42. The van der Waals surface area contributed by atoms with E-state index in [1.807, 2.05) is 48.2 Å². The monoisotopic (exact) mass is 329 g/mol. The van der Waals surface area contributed by atoms with Gasteiger partial charge in [-0.3, -0.25) is 4.79 Å². The van der Waals surface area contributed by atoms with Crippen molar-refractivity contribution in [3.63, 3.8) is 0 Å². The highest BCUT2D eigenvalue weighted by molar-refractivity contribution is 7.99. The fraction of sp³-hybridized carbons (Fsp3) is 0.353. The van der Waals surface area contributed by atoms with Crippen molar-refractivity contribution in [1.29, 1.82) is 0 Å². The van der Waals surface area contributed by atoms with Crippen LogP contribution in [0.15, 0.2) is 41.6 Å². The van der Waals surface area contributed by atoms with Crippen LogP contribution < -0.4 is 0 Å². The fourth-order valence-corrected chi connectivity index (χ4v) is 3.20. The first-order chi connectivity index (χ1) is 11.2. The summed E-state index contributed by atoms with van der Waals surface area (Å²) in [5.41, 5.74) is 2.85. The molecule has 2 aromatic rings. The van der Waals surface area contributed by atoms with Gasteiger partial charge in [0.15, 0.2) is 5.16 Å². The number of morpholine rings is 1. The Hall–Kier alpha value is -1.92. The fourth-order valence-electron chi connectivity index (χ4n) is 2.39. The second kappa shape index (κ2) is 7.57. The first-order valence-electron chi connectivity index (χ1n) is 7.62. The Morgan fingerprint density at radius 3 is 2.70 bits per heavy atom. The lowest BCUT2D eigenvalue weighted by molar-refractivity contribution is -0.132. The number of benzene rings is 1. The molecule has 0 atom stereocenters. The van der Waals surface area contributed by atoms with Gasteiger partial charge in [0, 0.05) is 24.3 Å². The van der Waals surface area contributed by atoms with Gasteiger partial charge in [-0.25, -0.2) is 9.97 Å². The summed E-state index contributed by atoms with van der Waals surface area (Å²) in [5.74, 6) is 0.474. The lowest BCUT2D eigenvalue weighted by Gasteiger charge is -2.26. The molecule has 2 heterocycles. The highest BCUT2D eigenvalue weighted by Gasteiger charge is 2.17. The molecule has 6 heteroatoms. The molecule has 0 saturated carbocycles. The number of hydrogen-bond donors (Lipinski definition) is 0. The van der Waals surface area contributed by atoms with Crippen LogP contribution in [0.4, 0.5) is 0 Å². The Morgan fingerprint density at radius 2 is 1.96 bits per heavy atom. The number of carbonyl (C=O) groups excluding carboxylic acids is 1. The van der Waals surface area contributed by atoms with E-state index in [1.165, 1.54) is 11.8 Å². The summed E-state index contributed by atoms with van der Waals surface area (Å²) in [6, 6.07) is 12.0. The van der Waals surface area contributed by atoms with Gasteiger partial charge in [0.1, 0.15) is 0 Å². The van der Waals surface area contributed by atoms with Crippen LogP contribution >= 0.6 is 11.8 Å². The molecule has 5 nitrogen and oxygen atoms in total. The maximum absolute atomic E-state index is 12.2. The number of thioether (sulfide) groups is 1. The van der Waals surface area contributed by atoms with E-state index in [9.17, 15) is 4.79 Å². The molecule has 0 N–H and O–H groups in total. The van der Waals surface area contributed by atoms with Crippen LogP contribution in [0.25, 0.3) is 11.3 Å². The second-order valence-corrected chi connectivity index (χ2v) is 6.27. The van der Waals surface area contributed by atoms with Crippen LogP contribution in [-0.2, 0) is 9.53 Å². The van der Waals surface area contributed by atoms with Crippen LogP contribution in [-0.4, -0.2) is 52.8 Å². The Balaban J connectivity index is 1.68. The van der Waals surface area contributed by atoms with E-state index in [0.29, 0.717) is 37.2 Å². The molecule has 0 spiro atoms. The Bertz CT molecular complexity index is 673. The molecule has 0 bridgehead atoms. The maximum Gasteiger partial charge on any atom is 0.233 e. The van der Waals surface area contributed by atoms with Crippen LogP contribution in [0.3, 0.4) is 0 Å². The average molecular weight is 329 g/mol. The predicted molar refractivity (Wildman–Crippen MR) is 90.3 cm³/mol. The van der Waals surface area contributed by atoms with E-state index >= 15 is 0 Å². The molecule has 1 aliphatic rings. The first-order valence-corrected chi connectivity index (χ1v) is 8.60. The summed E-state index contributed by atoms with van der Waals surface area (Å²) in [6.07, 6.45) is 0. The zero-order valence-electron chi connectivity index (χ0n) is 13.1.